The van der Waals surface area contributed by atoms with Crippen molar-refractivity contribution in [1.82, 2.24) is 15.2 Å². The number of hydrogen-bond acceptors (Lipinski definition) is 6. The molecule has 24 heavy (non-hydrogen) atoms. The first-order valence-electron chi connectivity index (χ1n) is 7.59. The highest BCUT2D eigenvalue weighted by Gasteiger charge is 2.04. The quantitative estimate of drug-likeness (QED) is 0.740. The zero-order valence-electron chi connectivity index (χ0n) is 13.9. The number of aryl methyl sites for hydroxylation is 2. The van der Waals surface area contributed by atoms with Gasteiger partial charge in [-0.2, -0.15) is 10.1 Å². The first-order chi connectivity index (χ1) is 11.6. The minimum absolute atomic E-state index is 0.446. The number of rotatable bonds is 5. The third kappa shape index (κ3) is 3.78. The molecule has 0 saturated heterocycles. The second-order valence-electron chi connectivity index (χ2n) is 5.46. The summed E-state index contributed by atoms with van der Waals surface area (Å²) in [7, 11) is 1.64. The summed E-state index contributed by atoms with van der Waals surface area (Å²) >= 11 is 0. The van der Waals surface area contributed by atoms with Gasteiger partial charge in [0.1, 0.15) is 5.75 Å². The molecule has 3 rings (SSSR count). The number of ether oxygens (including phenoxy) is 1. The smallest absolute Gasteiger partial charge is 0.249 e. The Morgan fingerprint density at radius 2 is 1.75 bits per heavy atom. The van der Waals surface area contributed by atoms with Crippen molar-refractivity contribution in [3.63, 3.8) is 0 Å². The lowest BCUT2D eigenvalue weighted by atomic mass is 10.1. The van der Waals surface area contributed by atoms with Crippen molar-refractivity contribution >= 4 is 23.1 Å². The lowest BCUT2D eigenvalue weighted by Crippen LogP contribution is -2.03. The normalized spacial score (nSPS) is 10.3. The second-order valence-corrected chi connectivity index (χ2v) is 5.46. The summed E-state index contributed by atoms with van der Waals surface area (Å²) in [4.78, 5) is 4.45. The number of aromatic nitrogens is 3. The van der Waals surface area contributed by atoms with Gasteiger partial charge in [-0.25, -0.2) is 0 Å². The molecule has 0 aliphatic heterocycles. The van der Waals surface area contributed by atoms with Crippen LogP contribution in [0.5, 0.6) is 5.75 Å². The van der Waals surface area contributed by atoms with Crippen LogP contribution in [0.2, 0.25) is 0 Å². The molecule has 0 saturated carbocycles. The van der Waals surface area contributed by atoms with Crippen molar-refractivity contribution in [3.8, 4) is 5.75 Å². The molecule has 0 spiro atoms. The highest BCUT2D eigenvalue weighted by molar-refractivity contribution is 5.61. The van der Waals surface area contributed by atoms with Gasteiger partial charge in [-0.3, -0.25) is 0 Å². The van der Waals surface area contributed by atoms with Crippen molar-refractivity contribution in [2.45, 2.75) is 13.8 Å². The van der Waals surface area contributed by atoms with E-state index >= 15 is 0 Å². The molecule has 1 aromatic heterocycles. The van der Waals surface area contributed by atoms with Crippen molar-refractivity contribution < 1.29 is 4.74 Å². The largest absolute Gasteiger partial charge is 0.497 e. The van der Waals surface area contributed by atoms with E-state index in [1.165, 1.54) is 5.56 Å². The molecule has 2 aromatic carbocycles. The van der Waals surface area contributed by atoms with Gasteiger partial charge in [0, 0.05) is 11.4 Å². The molecule has 0 aliphatic carbocycles. The summed E-state index contributed by atoms with van der Waals surface area (Å²) in [5.74, 6) is 1.86. The van der Waals surface area contributed by atoms with Gasteiger partial charge < -0.3 is 15.4 Å². The maximum Gasteiger partial charge on any atom is 0.249 e. The number of benzene rings is 2. The summed E-state index contributed by atoms with van der Waals surface area (Å²) in [6.45, 7) is 4.08. The second kappa shape index (κ2) is 6.95. The summed E-state index contributed by atoms with van der Waals surface area (Å²) < 4.78 is 5.15. The number of anilines is 4. The topological polar surface area (TPSA) is 72.0 Å². The van der Waals surface area contributed by atoms with E-state index in [1.54, 1.807) is 13.3 Å². The molecular formula is C18H19N5O. The molecule has 0 aliphatic rings. The molecule has 122 valence electrons. The minimum atomic E-state index is 0.446. The Hall–Kier alpha value is -3.15. The first kappa shape index (κ1) is 15.7. The van der Waals surface area contributed by atoms with Crippen LogP contribution in [0.3, 0.4) is 0 Å². The molecular weight excluding hydrogens is 302 g/mol. The Kier molecular flexibility index (Phi) is 4.56. The van der Waals surface area contributed by atoms with Gasteiger partial charge in [-0.15, -0.1) is 5.10 Å². The Morgan fingerprint density at radius 3 is 2.50 bits per heavy atom. The van der Waals surface area contributed by atoms with E-state index in [-0.39, 0.29) is 0 Å². The van der Waals surface area contributed by atoms with Crippen LogP contribution >= 0.6 is 0 Å². The summed E-state index contributed by atoms with van der Waals surface area (Å²) in [5.41, 5.74) is 4.16. The van der Waals surface area contributed by atoms with Crippen LogP contribution in [0.4, 0.5) is 23.1 Å². The van der Waals surface area contributed by atoms with Crippen molar-refractivity contribution in [2.75, 3.05) is 17.7 Å². The molecule has 0 atom stereocenters. The number of methoxy groups -OCH3 is 1. The average Bonchev–Trinajstić information content (AvgIpc) is 2.59. The molecule has 0 radical (unpaired) electrons. The van der Waals surface area contributed by atoms with Crippen LogP contribution < -0.4 is 15.4 Å². The fraction of sp³-hybridized carbons (Fsp3) is 0.167. The van der Waals surface area contributed by atoms with E-state index in [1.807, 2.05) is 38.1 Å². The van der Waals surface area contributed by atoms with Crippen LogP contribution in [0.15, 0.2) is 48.7 Å². The molecule has 0 unspecified atom stereocenters. The summed E-state index contributed by atoms with van der Waals surface area (Å²) in [5, 5.41) is 14.5. The maximum atomic E-state index is 5.15. The fourth-order valence-corrected chi connectivity index (χ4v) is 2.23. The zero-order chi connectivity index (χ0) is 16.9. The predicted octanol–water partition coefficient (Wildman–Crippen LogP) is 3.98. The SMILES string of the molecule is COc1ccc(Nc2cnnc(Nc3cc(C)ccc3C)n2)cc1. The molecule has 2 N–H and O–H groups in total. The van der Waals surface area contributed by atoms with E-state index in [0.717, 1.165) is 22.7 Å². The van der Waals surface area contributed by atoms with E-state index in [0.29, 0.717) is 11.8 Å². The third-order valence-electron chi connectivity index (χ3n) is 3.56. The molecule has 0 fully saturated rings. The van der Waals surface area contributed by atoms with Gasteiger partial charge in [-0.05, 0) is 55.3 Å². The highest BCUT2D eigenvalue weighted by Crippen LogP contribution is 2.21. The fourth-order valence-electron chi connectivity index (χ4n) is 2.23. The van der Waals surface area contributed by atoms with E-state index in [2.05, 4.69) is 44.0 Å². The molecule has 0 bridgehead atoms. The Balaban J connectivity index is 1.77. The Labute approximate surface area is 140 Å². The van der Waals surface area contributed by atoms with Gasteiger partial charge in [0.25, 0.3) is 0 Å². The molecule has 6 heteroatoms. The lowest BCUT2D eigenvalue weighted by molar-refractivity contribution is 0.415. The third-order valence-corrected chi connectivity index (χ3v) is 3.56. The number of nitrogens with one attached hydrogen (secondary N) is 2. The lowest BCUT2D eigenvalue weighted by Gasteiger charge is -2.10. The van der Waals surface area contributed by atoms with Crippen molar-refractivity contribution in [2.24, 2.45) is 0 Å². The summed E-state index contributed by atoms with van der Waals surface area (Å²) in [6, 6.07) is 13.8. The monoisotopic (exact) mass is 321 g/mol. The Morgan fingerprint density at radius 1 is 0.958 bits per heavy atom. The highest BCUT2D eigenvalue weighted by atomic mass is 16.5. The predicted molar refractivity (Wildman–Crippen MR) is 95.3 cm³/mol. The molecule has 6 nitrogen and oxygen atoms in total. The standard InChI is InChI=1S/C18H19N5O/c1-12-4-5-13(2)16(10-12)21-18-22-17(11-19-23-18)20-14-6-8-15(24-3)9-7-14/h4-11H,1-3H3,(H2,20,21,22,23). The molecule has 3 aromatic rings. The van der Waals surface area contributed by atoms with Crippen molar-refractivity contribution in [1.29, 1.82) is 0 Å². The van der Waals surface area contributed by atoms with Gasteiger partial charge in [-0.1, -0.05) is 12.1 Å². The zero-order valence-corrected chi connectivity index (χ0v) is 13.9. The minimum Gasteiger partial charge on any atom is -0.497 e. The van der Waals surface area contributed by atoms with Gasteiger partial charge in [0.2, 0.25) is 5.95 Å². The van der Waals surface area contributed by atoms with Gasteiger partial charge in [0.15, 0.2) is 5.82 Å². The summed E-state index contributed by atoms with van der Waals surface area (Å²) in [6.07, 6.45) is 1.58. The van der Waals surface area contributed by atoms with Gasteiger partial charge >= 0.3 is 0 Å². The number of nitrogens with zero attached hydrogens (tertiary/aromatic N) is 3. The average molecular weight is 321 g/mol. The maximum absolute atomic E-state index is 5.15. The van der Waals surface area contributed by atoms with Crippen LogP contribution in [-0.2, 0) is 0 Å². The Bertz CT molecular complexity index is 833. The van der Waals surface area contributed by atoms with Crippen LogP contribution in [-0.4, -0.2) is 22.3 Å². The van der Waals surface area contributed by atoms with Crippen LogP contribution in [0, 0.1) is 13.8 Å². The molecule has 0 amide bonds. The first-order valence-corrected chi connectivity index (χ1v) is 7.59. The van der Waals surface area contributed by atoms with Gasteiger partial charge in [0.05, 0.1) is 13.3 Å². The number of hydrogen-bond donors (Lipinski definition) is 2. The van der Waals surface area contributed by atoms with Crippen LogP contribution in [0.25, 0.3) is 0 Å². The van der Waals surface area contributed by atoms with E-state index in [9.17, 15) is 0 Å². The van der Waals surface area contributed by atoms with Crippen molar-refractivity contribution in [3.05, 3.63) is 59.8 Å². The van der Waals surface area contributed by atoms with Crippen LogP contribution in [0.1, 0.15) is 11.1 Å². The molecule has 1 heterocycles. The van der Waals surface area contributed by atoms with E-state index in [4.69, 9.17) is 4.74 Å². The van der Waals surface area contributed by atoms with E-state index < -0.39 is 0 Å².